The minimum atomic E-state index is -1.20. The fourth-order valence-electron chi connectivity index (χ4n) is 8.13. The van der Waals surface area contributed by atoms with Crippen LogP contribution in [0.15, 0.2) is 27.6 Å². The van der Waals surface area contributed by atoms with Crippen LogP contribution in [-0.2, 0) is 4.79 Å². The summed E-state index contributed by atoms with van der Waals surface area (Å²) in [6, 6.07) is 3.03. The minimum absolute atomic E-state index is 0.160. The van der Waals surface area contributed by atoms with E-state index in [9.17, 15) is 24.9 Å². The van der Waals surface area contributed by atoms with Crippen molar-refractivity contribution in [1.82, 2.24) is 0 Å². The van der Waals surface area contributed by atoms with E-state index in [-0.39, 0.29) is 41.0 Å². The third-order valence-corrected chi connectivity index (χ3v) is 9.80. The van der Waals surface area contributed by atoms with Crippen molar-refractivity contribution >= 4 is 5.78 Å². The Hall–Kier alpha value is -1.50. The first kappa shape index (κ1) is 20.4. The Morgan fingerprint density at radius 2 is 1.80 bits per heavy atom. The number of fused-ring (bicyclic) bond motifs is 5. The summed E-state index contributed by atoms with van der Waals surface area (Å²) < 4.78 is 5.06. The number of ketones is 1. The molecule has 30 heavy (non-hydrogen) atoms. The van der Waals surface area contributed by atoms with Gasteiger partial charge in [-0.3, -0.25) is 4.79 Å². The average molecular weight is 417 g/mol. The van der Waals surface area contributed by atoms with Gasteiger partial charge in [0.1, 0.15) is 6.10 Å². The van der Waals surface area contributed by atoms with Gasteiger partial charge in [0.15, 0.2) is 5.78 Å². The monoisotopic (exact) mass is 416 g/mol. The van der Waals surface area contributed by atoms with Crippen molar-refractivity contribution in [3.8, 4) is 0 Å². The highest BCUT2D eigenvalue weighted by Crippen LogP contribution is 2.69. The molecule has 164 valence electrons. The van der Waals surface area contributed by atoms with Crippen molar-refractivity contribution in [2.24, 2.45) is 28.6 Å². The zero-order valence-corrected chi connectivity index (χ0v) is 17.7. The van der Waals surface area contributed by atoms with Crippen LogP contribution >= 0.6 is 0 Å². The molecule has 0 aromatic carbocycles. The molecule has 6 nitrogen and oxygen atoms in total. The maximum atomic E-state index is 13.8. The number of rotatable bonds is 1. The summed E-state index contributed by atoms with van der Waals surface area (Å²) in [7, 11) is 0. The quantitative estimate of drug-likeness (QED) is 0.649. The van der Waals surface area contributed by atoms with Gasteiger partial charge in [0.05, 0.1) is 23.4 Å². The molecule has 0 radical (unpaired) electrons. The van der Waals surface area contributed by atoms with Crippen molar-refractivity contribution < 1.29 is 24.5 Å². The van der Waals surface area contributed by atoms with Crippen LogP contribution in [0.3, 0.4) is 0 Å². The van der Waals surface area contributed by atoms with Crippen molar-refractivity contribution in [3.63, 3.8) is 0 Å². The van der Waals surface area contributed by atoms with Gasteiger partial charge in [-0.1, -0.05) is 6.92 Å². The lowest BCUT2D eigenvalue weighted by atomic mass is 9.42. The fraction of sp³-hybridized carbons (Fsp3) is 0.750. The lowest BCUT2D eigenvalue weighted by Gasteiger charge is -2.64. The van der Waals surface area contributed by atoms with E-state index in [0.717, 1.165) is 24.8 Å². The van der Waals surface area contributed by atoms with Crippen LogP contribution in [0.5, 0.6) is 0 Å². The van der Waals surface area contributed by atoms with Gasteiger partial charge in [0.2, 0.25) is 0 Å². The molecule has 1 heterocycles. The van der Waals surface area contributed by atoms with E-state index in [1.165, 1.54) is 12.3 Å². The Balaban J connectivity index is 1.58. The lowest BCUT2D eigenvalue weighted by molar-refractivity contribution is -0.228. The van der Waals surface area contributed by atoms with Gasteiger partial charge in [0.25, 0.3) is 0 Å². The Bertz CT molecular complexity index is 904. The van der Waals surface area contributed by atoms with Crippen molar-refractivity contribution in [3.05, 3.63) is 34.4 Å². The largest absolute Gasteiger partial charge is 0.431 e. The van der Waals surface area contributed by atoms with Gasteiger partial charge in [-0.05, 0) is 80.8 Å². The first-order valence-electron chi connectivity index (χ1n) is 11.3. The van der Waals surface area contributed by atoms with Crippen molar-refractivity contribution in [1.29, 1.82) is 0 Å². The third kappa shape index (κ3) is 2.41. The number of aliphatic hydroxyl groups is 3. The lowest BCUT2D eigenvalue weighted by Crippen LogP contribution is -2.70. The summed E-state index contributed by atoms with van der Waals surface area (Å²) in [5.41, 5.74) is -2.29. The zero-order chi connectivity index (χ0) is 21.5. The first-order valence-corrected chi connectivity index (χ1v) is 11.3. The molecule has 0 bridgehead atoms. The molecule has 0 spiro atoms. The summed E-state index contributed by atoms with van der Waals surface area (Å²) in [5, 5.41) is 33.7. The molecule has 4 aliphatic rings. The van der Waals surface area contributed by atoms with E-state index < -0.39 is 22.7 Å². The number of aliphatic hydroxyl groups excluding tert-OH is 2. The molecule has 0 saturated heterocycles. The van der Waals surface area contributed by atoms with Crippen molar-refractivity contribution in [2.75, 3.05) is 0 Å². The predicted molar refractivity (Wildman–Crippen MR) is 109 cm³/mol. The van der Waals surface area contributed by atoms with E-state index in [1.807, 2.05) is 0 Å². The third-order valence-electron chi connectivity index (χ3n) is 9.80. The Labute approximate surface area is 176 Å². The molecule has 4 aliphatic carbocycles. The number of hydrogen-bond donors (Lipinski definition) is 3. The molecule has 5 rings (SSSR count). The second kappa shape index (κ2) is 6.50. The van der Waals surface area contributed by atoms with Gasteiger partial charge in [-0.15, -0.1) is 0 Å². The number of Topliss-reactive ketones (excluding diaryl/α,β-unsaturated/α-hetero) is 1. The normalized spacial score (nSPS) is 50.5. The summed E-state index contributed by atoms with van der Waals surface area (Å²) in [6.07, 6.45) is 4.88. The minimum Gasteiger partial charge on any atom is -0.431 e. The van der Waals surface area contributed by atoms with Crippen LogP contribution in [0.25, 0.3) is 0 Å². The summed E-state index contributed by atoms with van der Waals surface area (Å²) in [5.74, 6) is -0.769. The predicted octanol–water partition coefficient (Wildman–Crippen LogP) is 2.39. The highest BCUT2D eigenvalue weighted by atomic mass is 16.4. The van der Waals surface area contributed by atoms with E-state index in [1.54, 1.807) is 13.0 Å². The summed E-state index contributed by atoms with van der Waals surface area (Å²) >= 11 is 0. The van der Waals surface area contributed by atoms with Crippen LogP contribution in [0.4, 0.5) is 0 Å². The molecule has 3 unspecified atom stereocenters. The second-order valence-electron chi connectivity index (χ2n) is 10.8. The molecule has 0 aliphatic heterocycles. The zero-order valence-electron chi connectivity index (χ0n) is 17.7. The van der Waals surface area contributed by atoms with Gasteiger partial charge >= 0.3 is 5.63 Å². The first-order chi connectivity index (χ1) is 14.1. The molecular formula is C24H32O6. The van der Waals surface area contributed by atoms with Crippen LogP contribution in [0, 0.1) is 28.6 Å². The van der Waals surface area contributed by atoms with E-state index >= 15 is 0 Å². The summed E-state index contributed by atoms with van der Waals surface area (Å²) in [4.78, 5) is 25.2. The van der Waals surface area contributed by atoms with Gasteiger partial charge < -0.3 is 19.7 Å². The molecule has 4 fully saturated rings. The molecule has 3 N–H and O–H groups in total. The number of carbonyl (C=O) groups is 1. The van der Waals surface area contributed by atoms with Gasteiger partial charge in [0, 0.05) is 17.9 Å². The highest BCUT2D eigenvalue weighted by Gasteiger charge is 2.73. The van der Waals surface area contributed by atoms with Crippen LogP contribution in [0.1, 0.15) is 70.3 Å². The van der Waals surface area contributed by atoms with Crippen LogP contribution in [-0.4, -0.2) is 38.9 Å². The van der Waals surface area contributed by atoms with E-state index in [2.05, 4.69) is 6.92 Å². The molecular weight excluding hydrogens is 384 g/mol. The average Bonchev–Trinajstić information content (AvgIpc) is 3.00. The molecule has 1 aromatic rings. The molecule has 6 heteroatoms. The van der Waals surface area contributed by atoms with Gasteiger partial charge in [-0.25, -0.2) is 4.79 Å². The Morgan fingerprint density at radius 3 is 2.50 bits per heavy atom. The Morgan fingerprint density at radius 1 is 1.03 bits per heavy atom. The van der Waals surface area contributed by atoms with Gasteiger partial charge in [-0.2, -0.15) is 0 Å². The number of carbonyl (C=O) groups excluding carboxylic acids is 1. The standard InChI is InChI=1S/C24H32O6/c1-22-9-7-15(25)11-14(22)4-5-17-19(22)20(27)21(28)23(2)16(8-10-24(17,23)29)13-3-6-18(26)30-12-13/h3,6,12,14-17,19-20,25,27,29H,4-5,7-11H2,1-2H3/t14?,15-,16+,17?,19?,20-,22+,23+,24+/m1/s1. The van der Waals surface area contributed by atoms with E-state index in [0.29, 0.717) is 25.7 Å². The molecule has 9 atom stereocenters. The van der Waals surface area contributed by atoms with E-state index in [4.69, 9.17) is 4.42 Å². The summed E-state index contributed by atoms with van der Waals surface area (Å²) in [6.45, 7) is 3.96. The van der Waals surface area contributed by atoms with Crippen LogP contribution < -0.4 is 5.63 Å². The fourth-order valence-corrected chi connectivity index (χ4v) is 8.13. The molecule has 0 amide bonds. The topological polar surface area (TPSA) is 108 Å². The molecule has 4 saturated carbocycles. The number of hydrogen-bond acceptors (Lipinski definition) is 6. The van der Waals surface area contributed by atoms with Crippen LogP contribution in [0.2, 0.25) is 0 Å². The molecule has 1 aromatic heterocycles. The van der Waals surface area contributed by atoms with Crippen molar-refractivity contribution in [2.45, 2.75) is 82.5 Å². The smallest absolute Gasteiger partial charge is 0.335 e. The SMILES string of the molecule is C[C@]12CC[C@@H](O)CC1CCC1C2[C@@H](O)C(=O)[C@]2(C)[C@H](c3ccc(=O)oc3)CC[C@]12O. The maximum Gasteiger partial charge on any atom is 0.335 e. The highest BCUT2D eigenvalue weighted by molar-refractivity contribution is 5.93. The second-order valence-corrected chi connectivity index (χ2v) is 10.8. The maximum absolute atomic E-state index is 13.8. The Kier molecular flexibility index (Phi) is 4.42.